The molecule has 4 rings (SSSR count). The highest BCUT2D eigenvalue weighted by atomic mass is 32.1. The predicted octanol–water partition coefficient (Wildman–Crippen LogP) is 5.92. The Morgan fingerprint density at radius 2 is 2.04 bits per heavy atom. The number of hydrogen-bond donors (Lipinski definition) is 0. The van der Waals surface area contributed by atoms with Gasteiger partial charge in [0.1, 0.15) is 5.82 Å². The summed E-state index contributed by atoms with van der Waals surface area (Å²) in [5, 5.41) is 2.06. The molecule has 1 unspecified atom stereocenters. The number of rotatable bonds is 4. The van der Waals surface area contributed by atoms with Crippen molar-refractivity contribution >= 4 is 17.2 Å². The van der Waals surface area contributed by atoms with E-state index in [1.165, 1.54) is 33.7 Å². The molecule has 0 saturated heterocycles. The summed E-state index contributed by atoms with van der Waals surface area (Å²) in [7, 11) is 0. The fourth-order valence-electron chi connectivity index (χ4n) is 3.88. The van der Waals surface area contributed by atoms with Crippen LogP contribution in [-0.2, 0) is 13.0 Å². The summed E-state index contributed by atoms with van der Waals surface area (Å²) < 4.78 is 13.7. The summed E-state index contributed by atoms with van der Waals surface area (Å²) in [5.41, 5.74) is 4.14. The number of nitrogens with zero attached hydrogens (tertiary/aromatic N) is 1. The van der Waals surface area contributed by atoms with Crippen molar-refractivity contribution in [3.05, 3.63) is 92.9 Å². The van der Waals surface area contributed by atoms with Crippen LogP contribution in [0.5, 0.6) is 0 Å². The molecule has 0 radical (unpaired) electrons. The fourth-order valence-corrected chi connectivity index (χ4v) is 4.79. The maximum atomic E-state index is 13.7. The van der Waals surface area contributed by atoms with Gasteiger partial charge in [0.15, 0.2) is 0 Å². The summed E-state index contributed by atoms with van der Waals surface area (Å²) in [4.78, 5) is 16.5. The molecule has 0 bridgehead atoms. The Kier molecular flexibility index (Phi) is 5.08. The van der Waals surface area contributed by atoms with Gasteiger partial charge in [0.05, 0.1) is 12.6 Å². The van der Waals surface area contributed by atoms with E-state index in [0.717, 1.165) is 19.3 Å². The van der Waals surface area contributed by atoms with Crippen LogP contribution in [0.2, 0.25) is 0 Å². The van der Waals surface area contributed by atoms with Crippen molar-refractivity contribution in [3.63, 3.8) is 0 Å². The number of carbonyl (C=O) groups is 1. The Balaban J connectivity index is 1.75. The number of hydrogen-bond acceptors (Lipinski definition) is 2. The Morgan fingerprint density at radius 3 is 2.81 bits per heavy atom. The van der Waals surface area contributed by atoms with Crippen molar-refractivity contribution in [2.45, 2.75) is 38.8 Å². The molecule has 1 heterocycles. The second-order valence-electron chi connectivity index (χ2n) is 7.08. The maximum absolute atomic E-state index is 13.7. The molecule has 4 heteroatoms. The lowest BCUT2D eigenvalue weighted by Crippen LogP contribution is -2.36. The van der Waals surface area contributed by atoms with Gasteiger partial charge in [-0.1, -0.05) is 30.3 Å². The number of thiophene rings is 1. The number of benzene rings is 2. The lowest BCUT2D eigenvalue weighted by Gasteiger charge is -2.36. The first-order valence-corrected chi connectivity index (χ1v) is 10.2. The van der Waals surface area contributed by atoms with E-state index < -0.39 is 0 Å². The van der Waals surface area contributed by atoms with Crippen LogP contribution in [-0.4, -0.2) is 10.8 Å². The highest BCUT2D eigenvalue weighted by Gasteiger charge is 2.30. The fraction of sp³-hybridized carbons (Fsp3) is 0.261. The smallest absolute Gasteiger partial charge is 0.254 e. The quantitative estimate of drug-likeness (QED) is 0.551. The lowest BCUT2D eigenvalue weighted by molar-refractivity contribution is 0.0640. The van der Waals surface area contributed by atoms with E-state index in [0.29, 0.717) is 12.1 Å². The maximum Gasteiger partial charge on any atom is 0.254 e. The second kappa shape index (κ2) is 7.65. The van der Waals surface area contributed by atoms with Gasteiger partial charge in [0, 0.05) is 10.4 Å². The molecule has 1 aromatic heterocycles. The van der Waals surface area contributed by atoms with E-state index in [4.69, 9.17) is 0 Å². The van der Waals surface area contributed by atoms with Crippen LogP contribution in [0.4, 0.5) is 4.39 Å². The molecule has 138 valence electrons. The van der Waals surface area contributed by atoms with Crippen LogP contribution < -0.4 is 0 Å². The van der Waals surface area contributed by atoms with Gasteiger partial charge in [-0.3, -0.25) is 4.79 Å². The van der Waals surface area contributed by atoms with Gasteiger partial charge in [-0.25, -0.2) is 4.39 Å². The molecular formula is C23H22FNOS. The second-order valence-corrected chi connectivity index (χ2v) is 8.08. The van der Waals surface area contributed by atoms with Gasteiger partial charge < -0.3 is 4.90 Å². The summed E-state index contributed by atoms with van der Waals surface area (Å²) >= 11 is 1.67. The van der Waals surface area contributed by atoms with Gasteiger partial charge in [0.2, 0.25) is 0 Å². The first kappa shape index (κ1) is 17.9. The number of carbonyl (C=O) groups excluding carboxylic acids is 1. The van der Waals surface area contributed by atoms with Gasteiger partial charge in [-0.05, 0) is 72.5 Å². The molecule has 27 heavy (non-hydrogen) atoms. The topological polar surface area (TPSA) is 20.3 Å². The summed E-state index contributed by atoms with van der Waals surface area (Å²) in [6, 6.07) is 16.5. The standard InChI is InChI=1S/C23H22FNOS/c1-16-12-13-27-22(16)15-25(23(26)18-8-4-9-19(24)14-18)21-11-5-7-17-6-2-3-10-20(17)21/h2-4,6,8-10,12-14,21H,5,7,11,15H2,1H3. The molecule has 1 aliphatic rings. The molecule has 0 N–H and O–H groups in total. The summed E-state index contributed by atoms with van der Waals surface area (Å²) in [6.45, 7) is 2.63. The van der Waals surface area contributed by atoms with E-state index in [2.05, 4.69) is 36.6 Å². The molecule has 0 saturated carbocycles. The Hall–Kier alpha value is -2.46. The highest BCUT2D eigenvalue weighted by molar-refractivity contribution is 7.10. The predicted molar refractivity (Wildman–Crippen MR) is 107 cm³/mol. The normalized spacial score (nSPS) is 16.0. The number of fused-ring (bicyclic) bond motifs is 1. The highest BCUT2D eigenvalue weighted by Crippen LogP contribution is 2.36. The number of halogens is 1. The summed E-state index contributed by atoms with van der Waals surface area (Å²) in [6.07, 6.45) is 3.03. The zero-order valence-corrected chi connectivity index (χ0v) is 16.1. The third-order valence-electron chi connectivity index (χ3n) is 5.33. The van der Waals surface area contributed by atoms with E-state index in [9.17, 15) is 9.18 Å². The van der Waals surface area contributed by atoms with Crippen LogP contribution in [0.15, 0.2) is 60.0 Å². The van der Waals surface area contributed by atoms with E-state index in [1.807, 2.05) is 11.0 Å². The Labute approximate surface area is 163 Å². The Bertz CT molecular complexity index is 964. The van der Waals surface area contributed by atoms with E-state index in [1.54, 1.807) is 23.5 Å². The van der Waals surface area contributed by atoms with Crippen LogP contribution in [0.25, 0.3) is 0 Å². The molecule has 2 nitrogen and oxygen atoms in total. The minimum atomic E-state index is -0.378. The van der Waals surface area contributed by atoms with Crippen LogP contribution in [0, 0.1) is 12.7 Å². The molecule has 1 aliphatic carbocycles. The van der Waals surface area contributed by atoms with Crippen LogP contribution >= 0.6 is 11.3 Å². The molecule has 0 fully saturated rings. The number of amides is 1. The van der Waals surface area contributed by atoms with Crippen LogP contribution in [0.1, 0.15) is 50.8 Å². The molecule has 2 aromatic carbocycles. The minimum absolute atomic E-state index is 0.0206. The SMILES string of the molecule is Cc1ccsc1CN(C(=O)c1cccc(F)c1)C1CCCc2ccccc21. The average molecular weight is 380 g/mol. The molecule has 1 amide bonds. The van der Waals surface area contributed by atoms with Gasteiger partial charge in [0.25, 0.3) is 5.91 Å². The Morgan fingerprint density at radius 1 is 1.19 bits per heavy atom. The minimum Gasteiger partial charge on any atom is -0.326 e. The first-order valence-electron chi connectivity index (χ1n) is 9.31. The van der Waals surface area contributed by atoms with Crippen molar-refractivity contribution in [3.8, 4) is 0 Å². The molecule has 0 spiro atoms. The molecule has 3 aromatic rings. The van der Waals surface area contributed by atoms with Crippen molar-refractivity contribution in [1.82, 2.24) is 4.90 Å². The van der Waals surface area contributed by atoms with E-state index in [-0.39, 0.29) is 17.8 Å². The van der Waals surface area contributed by atoms with Gasteiger partial charge in [-0.15, -0.1) is 11.3 Å². The molecular weight excluding hydrogens is 357 g/mol. The zero-order chi connectivity index (χ0) is 18.8. The van der Waals surface area contributed by atoms with Crippen molar-refractivity contribution in [2.24, 2.45) is 0 Å². The molecule has 0 aliphatic heterocycles. The van der Waals surface area contributed by atoms with E-state index >= 15 is 0 Å². The van der Waals surface area contributed by atoms with Crippen LogP contribution in [0.3, 0.4) is 0 Å². The molecule has 1 atom stereocenters. The van der Waals surface area contributed by atoms with Gasteiger partial charge >= 0.3 is 0 Å². The third kappa shape index (κ3) is 3.67. The monoisotopic (exact) mass is 379 g/mol. The third-order valence-corrected chi connectivity index (χ3v) is 6.34. The summed E-state index contributed by atoms with van der Waals surface area (Å²) in [5.74, 6) is -0.485. The largest absolute Gasteiger partial charge is 0.326 e. The first-order chi connectivity index (χ1) is 13.1. The number of aryl methyl sites for hydroxylation is 2. The van der Waals surface area contributed by atoms with Crippen molar-refractivity contribution < 1.29 is 9.18 Å². The lowest BCUT2D eigenvalue weighted by atomic mass is 9.86. The zero-order valence-electron chi connectivity index (χ0n) is 15.3. The average Bonchev–Trinajstić information content (AvgIpc) is 3.10. The van der Waals surface area contributed by atoms with Crippen molar-refractivity contribution in [1.29, 1.82) is 0 Å². The van der Waals surface area contributed by atoms with Crippen molar-refractivity contribution in [2.75, 3.05) is 0 Å². The van der Waals surface area contributed by atoms with Gasteiger partial charge in [-0.2, -0.15) is 0 Å².